The van der Waals surface area contributed by atoms with Crippen LogP contribution in [-0.2, 0) is 11.8 Å². The molecule has 1 amide bonds. The summed E-state index contributed by atoms with van der Waals surface area (Å²) in [4.78, 5) is 32.3. The largest absolute Gasteiger partial charge is 0.504 e. The van der Waals surface area contributed by atoms with E-state index in [1.165, 1.54) is 23.0 Å². The highest BCUT2D eigenvalue weighted by Crippen LogP contribution is 2.36. The van der Waals surface area contributed by atoms with E-state index in [1.54, 1.807) is 55.9 Å². The molecule has 44 heavy (non-hydrogen) atoms. The van der Waals surface area contributed by atoms with Gasteiger partial charge in [0.2, 0.25) is 0 Å². The van der Waals surface area contributed by atoms with Crippen LogP contribution in [0.25, 0.3) is 11.8 Å². The maximum absolute atomic E-state index is 13.7. The molecule has 0 spiro atoms. The fourth-order valence-electron chi connectivity index (χ4n) is 4.47. The van der Waals surface area contributed by atoms with Crippen LogP contribution in [0, 0.1) is 6.92 Å². The van der Waals surface area contributed by atoms with E-state index in [0.29, 0.717) is 46.4 Å². The Hall–Kier alpha value is -5.23. The first kappa shape index (κ1) is 30.2. The second kappa shape index (κ2) is 13.0. The van der Waals surface area contributed by atoms with Crippen LogP contribution in [0.5, 0.6) is 23.0 Å². The van der Waals surface area contributed by atoms with Gasteiger partial charge in [0, 0.05) is 7.05 Å². The number of amides is 1. The summed E-state index contributed by atoms with van der Waals surface area (Å²) in [6, 6.07) is 18.7. The van der Waals surface area contributed by atoms with Crippen molar-refractivity contribution >= 4 is 40.8 Å². The molecule has 0 unspecified atom stereocenters. The first-order valence-corrected chi connectivity index (χ1v) is 14.7. The van der Waals surface area contributed by atoms with E-state index in [1.807, 2.05) is 37.3 Å². The number of hydrogen-bond donors (Lipinski definition) is 2. The number of thioether (sulfide) groups is 1. The van der Waals surface area contributed by atoms with Gasteiger partial charge in [-0.1, -0.05) is 24.3 Å². The minimum atomic E-state index is -0.461. The molecule has 5 rings (SSSR count). The van der Waals surface area contributed by atoms with E-state index >= 15 is 0 Å². The lowest BCUT2D eigenvalue weighted by molar-refractivity contribution is -0.122. The average Bonchev–Trinajstić information content (AvgIpc) is 3.42. The number of amidine groups is 1. The SMILES string of the molecule is CCOc1cc(C=NN2C(=O)C(=Cc3ccc(O)c(OCC)c3)SC2=Nc2c(C)n(C)n(-c3ccccc3)c2=O)ccc1O. The number of carbonyl (C=O) groups excluding carboxylic acids is 1. The Morgan fingerprint density at radius 3 is 2.14 bits per heavy atom. The van der Waals surface area contributed by atoms with Crippen LogP contribution in [-0.4, -0.2) is 55.1 Å². The lowest BCUT2D eigenvalue weighted by atomic mass is 10.2. The number of ether oxygens (including phenoxy) is 2. The van der Waals surface area contributed by atoms with Gasteiger partial charge in [-0.25, -0.2) is 9.67 Å². The molecule has 3 aromatic carbocycles. The molecular formula is C32H31N5O6S. The number of hydrazone groups is 1. The van der Waals surface area contributed by atoms with E-state index in [9.17, 15) is 19.8 Å². The third-order valence-corrected chi connectivity index (χ3v) is 7.66. The minimum absolute atomic E-state index is 0.0116. The van der Waals surface area contributed by atoms with Crippen LogP contribution < -0.4 is 15.0 Å². The Kier molecular flexibility index (Phi) is 8.91. The van der Waals surface area contributed by atoms with Crippen LogP contribution in [0.15, 0.2) is 86.5 Å². The Bertz CT molecular complexity index is 1860. The molecule has 0 aliphatic carbocycles. The number of aromatic hydroxyl groups is 2. The number of aromatic nitrogens is 2. The van der Waals surface area contributed by atoms with Crippen molar-refractivity contribution in [3.05, 3.63) is 98.8 Å². The molecule has 226 valence electrons. The predicted octanol–water partition coefficient (Wildman–Crippen LogP) is 5.33. The zero-order chi connectivity index (χ0) is 31.4. The van der Waals surface area contributed by atoms with Gasteiger partial charge < -0.3 is 19.7 Å². The first-order valence-electron chi connectivity index (χ1n) is 13.8. The Morgan fingerprint density at radius 1 is 0.886 bits per heavy atom. The van der Waals surface area contributed by atoms with Crippen molar-refractivity contribution in [1.82, 2.24) is 14.4 Å². The highest BCUT2D eigenvalue weighted by molar-refractivity contribution is 8.18. The van der Waals surface area contributed by atoms with Crippen LogP contribution in [0.3, 0.4) is 0 Å². The smallest absolute Gasteiger partial charge is 0.297 e. The monoisotopic (exact) mass is 613 g/mol. The molecule has 2 N–H and O–H groups in total. The van der Waals surface area contributed by atoms with E-state index < -0.39 is 5.91 Å². The van der Waals surface area contributed by atoms with E-state index in [0.717, 1.165) is 16.8 Å². The molecular weight excluding hydrogens is 582 g/mol. The van der Waals surface area contributed by atoms with E-state index in [2.05, 4.69) is 10.1 Å². The van der Waals surface area contributed by atoms with Crippen molar-refractivity contribution in [1.29, 1.82) is 0 Å². The summed E-state index contributed by atoms with van der Waals surface area (Å²) < 4.78 is 14.2. The summed E-state index contributed by atoms with van der Waals surface area (Å²) in [6.45, 7) is 6.12. The fourth-order valence-corrected chi connectivity index (χ4v) is 5.39. The van der Waals surface area contributed by atoms with Crippen molar-refractivity contribution in [2.45, 2.75) is 20.8 Å². The van der Waals surface area contributed by atoms with Gasteiger partial charge in [0.05, 0.1) is 35.7 Å². The number of aliphatic imine (C=N–C) groups is 1. The minimum Gasteiger partial charge on any atom is -0.504 e. The van der Waals surface area contributed by atoms with Gasteiger partial charge in [-0.05, 0) is 92.2 Å². The van der Waals surface area contributed by atoms with E-state index in [-0.39, 0.29) is 33.7 Å². The van der Waals surface area contributed by atoms with Crippen LogP contribution in [0.1, 0.15) is 30.7 Å². The lowest BCUT2D eigenvalue weighted by Crippen LogP contribution is -2.24. The summed E-state index contributed by atoms with van der Waals surface area (Å²) in [7, 11) is 1.77. The standard InChI is InChI=1S/C32H31N5O6S/c1-5-42-26-16-21(12-14-24(26)38)18-28-30(40)36(33-19-22-13-15-25(39)27(17-22)43-6-2)32(44-28)34-29-20(3)35(4)37(31(29)41)23-10-8-7-9-11-23/h7-19,38-39H,5-6H2,1-4H3. The Morgan fingerprint density at radius 2 is 1.50 bits per heavy atom. The molecule has 2 heterocycles. The van der Waals surface area contributed by atoms with Gasteiger partial charge in [-0.2, -0.15) is 10.1 Å². The normalized spacial score (nSPS) is 15.2. The van der Waals surface area contributed by atoms with Crippen molar-refractivity contribution in [3.63, 3.8) is 0 Å². The molecule has 11 nitrogen and oxygen atoms in total. The zero-order valence-electron chi connectivity index (χ0n) is 24.6. The van der Waals surface area contributed by atoms with Gasteiger partial charge in [0.25, 0.3) is 11.5 Å². The molecule has 4 aromatic rings. The van der Waals surface area contributed by atoms with Gasteiger partial charge in [0.1, 0.15) is 0 Å². The second-order valence-electron chi connectivity index (χ2n) is 9.60. The number of carbonyl (C=O) groups is 1. The predicted molar refractivity (Wildman–Crippen MR) is 171 cm³/mol. The van der Waals surface area contributed by atoms with Gasteiger partial charge in [0.15, 0.2) is 33.9 Å². The lowest BCUT2D eigenvalue weighted by Gasteiger charge is -2.09. The molecule has 1 fully saturated rings. The number of phenolic OH excluding ortho intramolecular Hbond substituents is 2. The maximum Gasteiger partial charge on any atom is 0.297 e. The summed E-state index contributed by atoms with van der Waals surface area (Å²) in [5, 5.41) is 25.9. The van der Waals surface area contributed by atoms with Crippen LogP contribution in [0.2, 0.25) is 0 Å². The quantitative estimate of drug-likeness (QED) is 0.193. The van der Waals surface area contributed by atoms with Crippen LogP contribution in [0.4, 0.5) is 5.69 Å². The maximum atomic E-state index is 13.7. The highest BCUT2D eigenvalue weighted by Gasteiger charge is 2.34. The summed E-state index contributed by atoms with van der Waals surface area (Å²) in [5.41, 5.74) is 2.28. The molecule has 1 aliphatic rings. The van der Waals surface area contributed by atoms with Crippen molar-refractivity contribution in [2.75, 3.05) is 13.2 Å². The zero-order valence-corrected chi connectivity index (χ0v) is 25.4. The fraction of sp³-hybridized carbons (Fsp3) is 0.188. The number of hydrogen-bond acceptors (Lipinski definition) is 9. The first-order chi connectivity index (χ1) is 21.2. The topological polar surface area (TPSA) is 131 Å². The third-order valence-electron chi connectivity index (χ3n) is 6.70. The van der Waals surface area contributed by atoms with Gasteiger partial charge in [-0.15, -0.1) is 0 Å². The molecule has 12 heteroatoms. The van der Waals surface area contributed by atoms with Crippen molar-refractivity contribution in [2.24, 2.45) is 17.1 Å². The number of benzene rings is 3. The van der Waals surface area contributed by atoms with Gasteiger partial charge in [-0.3, -0.25) is 14.3 Å². The summed E-state index contributed by atoms with van der Waals surface area (Å²) >= 11 is 1.07. The molecule has 1 aromatic heterocycles. The van der Waals surface area contributed by atoms with Crippen molar-refractivity contribution < 1.29 is 24.5 Å². The Labute approximate surface area is 258 Å². The van der Waals surface area contributed by atoms with Crippen LogP contribution >= 0.6 is 11.8 Å². The second-order valence-corrected chi connectivity index (χ2v) is 10.6. The summed E-state index contributed by atoms with van der Waals surface area (Å²) in [6.07, 6.45) is 3.10. The molecule has 0 saturated carbocycles. The number of rotatable bonds is 9. The number of nitrogens with zero attached hydrogens (tertiary/aromatic N) is 5. The van der Waals surface area contributed by atoms with Crippen molar-refractivity contribution in [3.8, 4) is 28.7 Å². The number of phenols is 2. The highest BCUT2D eigenvalue weighted by atomic mass is 32.2. The molecule has 0 radical (unpaired) electrons. The summed E-state index contributed by atoms with van der Waals surface area (Å²) in [5.74, 6) is 0.0878. The Balaban J connectivity index is 1.59. The molecule has 1 saturated heterocycles. The molecule has 1 aliphatic heterocycles. The molecule has 0 atom stereocenters. The number of para-hydroxylation sites is 1. The van der Waals surface area contributed by atoms with Gasteiger partial charge >= 0.3 is 0 Å². The molecule has 0 bridgehead atoms. The van der Waals surface area contributed by atoms with E-state index in [4.69, 9.17) is 9.47 Å². The third kappa shape index (κ3) is 6.11. The average molecular weight is 614 g/mol.